The van der Waals surface area contributed by atoms with Crippen LogP contribution < -0.4 is 14.8 Å². The first-order valence-corrected chi connectivity index (χ1v) is 6.26. The fraction of sp³-hybridized carbons (Fsp3) is 0.571. The van der Waals surface area contributed by atoms with Gasteiger partial charge in [0.15, 0.2) is 0 Å². The van der Waals surface area contributed by atoms with Gasteiger partial charge in [-0.1, -0.05) is 0 Å². The maximum atomic E-state index is 8.70. The molecule has 0 saturated heterocycles. The first-order valence-electron chi connectivity index (χ1n) is 6.26. The molecule has 0 radical (unpaired) electrons. The van der Waals surface area contributed by atoms with Crippen LogP contribution in [0.15, 0.2) is 12.1 Å². The number of ether oxygens (including phenoxy) is 2. The molecule has 0 atom stereocenters. The Morgan fingerprint density at radius 3 is 2.44 bits per heavy atom. The van der Waals surface area contributed by atoms with E-state index < -0.39 is 0 Å². The molecule has 4 heteroatoms. The van der Waals surface area contributed by atoms with Crippen molar-refractivity contribution in [2.24, 2.45) is 0 Å². The lowest BCUT2D eigenvalue weighted by Gasteiger charge is -2.13. The second-order valence-corrected chi connectivity index (χ2v) is 4.24. The third kappa shape index (κ3) is 4.20. The zero-order chi connectivity index (χ0) is 13.4. The van der Waals surface area contributed by atoms with Gasteiger partial charge in [-0.15, -0.1) is 0 Å². The monoisotopic (exact) mass is 253 g/mol. The van der Waals surface area contributed by atoms with E-state index in [4.69, 9.17) is 14.6 Å². The minimum Gasteiger partial charge on any atom is -0.496 e. The average Bonchev–Trinajstić information content (AvgIpc) is 2.39. The largest absolute Gasteiger partial charge is 0.496 e. The molecule has 0 unspecified atom stereocenters. The molecule has 4 nitrogen and oxygen atoms in total. The highest BCUT2D eigenvalue weighted by molar-refractivity contribution is 5.45. The van der Waals surface area contributed by atoms with Gasteiger partial charge in [-0.05, 0) is 44.0 Å². The van der Waals surface area contributed by atoms with Crippen molar-refractivity contribution in [3.8, 4) is 11.5 Å². The Labute approximate surface area is 109 Å². The molecule has 0 spiro atoms. The van der Waals surface area contributed by atoms with Gasteiger partial charge < -0.3 is 19.9 Å². The Kier molecular flexibility index (Phi) is 6.54. The van der Waals surface area contributed by atoms with Crippen LogP contribution in [0.1, 0.15) is 24.0 Å². The van der Waals surface area contributed by atoms with E-state index in [1.54, 1.807) is 14.2 Å². The van der Waals surface area contributed by atoms with Gasteiger partial charge in [0.05, 0.1) is 14.2 Å². The van der Waals surface area contributed by atoms with Crippen LogP contribution in [-0.4, -0.2) is 32.5 Å². The molecule has 0 aliphatic heterocycles. The van der Waals surface area contributed by atoms with Gasteiger partial charge in [0, 0.05) is 18.7 Å². The summed E-state index contributed by atoms with van der Waals surface area (Å²) >= 11 is 0. The molecule has 0 heterocycles. The van der Waals surface area contributed by atoms with Crippen molar-refractivity contribution in [3.05, 3.63) is 23.3 Å². The van der Waals surface area contributed by atoms with Gasteiger partial charge in [-0.2, -0.15) is 0 Å². The SMILES string of the molecule is COc1cc(CNCCCCO)c(OC)cc1C. The van der Waals surface area contributed by atoms with Crippen LogP contribution >= 0.6 is 0 Å². The number of aliphatic hydroxyl groups is 1. The lowest BCUT2D eigenvalue weighted by Crippen LogP contribution is -2.15. The summed E-state index contributed by atoms with van der Waals surface area (Å²) in [6, 6.07) is 4.00. The maximum Gasteiger partial charge on any atom is 0.123 e. The number of benzene rings is 1. The molecule has 102 valence electrons. The van der Waals surface area contributed by atoms with Crippen LogP contribution in [0.2, 0.25) is 0 Å². The molecule has 2 N–H and O–H groups in total. The summed E-state index contributed by atoms with van der Waals surface area (Å²) in [5, 5.41) is 12.0. The fourth-order valence-corrected chi connectivity index (χ4v) is 1.84. The predicted molar refractivity (Wildman–Crippen MR) is 72.3 cm³/mol. The second kappa shape index (κ2) is 7.95. The van der Waals surface area contributed by atoms with E-state index in [0.29, 0.717) is 0 Å². The summed E-state index contributed by atoms with van der Waals surface area (Å²) in [7, 11) is 3.35. The predicted octanol–water partition coefficient (Wildman–Crippen LogP) is 1.87. The van der Waals surface area contributed by atoms with E-state index in [9.17, 15) is 0 Å². The van der Waals surface area contributed by atoms with Gasteiger partial charge in [-0.25, -0.2) is 0 Å². The molecule has 18 heavy (non-hydrogen) atoms. The molecule has 1 rings (SSSR count). The number of hydrogen-bond acceptors (Lipinski definition) is 4. The van der Waals surface area contributed by atoms with Gasteiger partial charge in [0.25, 0.3) is 0 Å². The first kappa shape index (κ1) is 14.8. The number of aliphatic hydroxyl groups excluding tert-OH is 1. The van der Waals surface area contributed by atoms with Crippen molar-refractivity contribution < 1.29 is 14.6 Å². The van der Waals surface area contributed by atoms with Gasteiger partial charge in [0.1, 0.15) is 11.5 Å². The smallest absolute Gasteiger partial charge is 0.123 e. The molecule has 0 aromatic heterocycles. The molecule has 0 saturated carbocycles. The average molecular weight is 253 g/mol. The summed E-state index contributed by atoms with van der Waals surface area (Å²) in [4.78, 5) is 0. The highest BCUT2D eigenvalue weighted by Gasteiger charge is 2.07. The molecule has 0 bridgehead atoms. The lowest BCUT2D eigenvalue weighted by atomic mass is 10.1. The minimum absolute atomic E-state index is 0.253. The van der Waals surface area contributed by atoms with Gasteiger partial charge in [0.2, 0.25) is 0 Å². The van der Waals surface area contributed by atoms with E-state index in [0.717, 1.165) is 48.6 Å². The molecule has 0 aliphatic carbocycles. The standard InChI is InChI=1S/C14H23NO3/c1-11-8-14(18-3)12(9-13(11)17-2)10-15-6-4-5-7-16/h8-9,15-16H,4-7,10H2,1-3H3. The van der Waals surface area contributed by atoms with Crippen molar-refractivity contribution in [1.29, 1.82) is 0 Å². The number of nitrogens with one attached hydrogen (secondary N) is 1. The Morgan fingerprint density at radius 2 is 1.83 bits per heavy atom. The number of hydrogen-bond donors (Lipinski definition) is 2. The van der Waals surface area contributed by atoms with Gasteiger partial charge in [-0.3, -0.25) is 0 Å². The molecular formula is C14H23NO3. The molecular weight excluding hydrogens is 230 g/mol. The molecule has 1 aromatic rings. The molecule has 1 aromatic carbocycles. The zero-order valence-electron chi connectivity index (χ0n) is 11.5. The van der Waals surface area contributed by atoms with Crippen molar-refractivity contribution in [2.45, 2.75) is 26.3 Å². The third-order valence-corrected chi connectivity index (χ3v) is 2.88. The Bertz CT molecular complexity index is 366. The Morgan fingerprint density at radius 1 is 1.11 bits per heavy atom. The molecule has 0 fully saturated rings. The topological polar surface area (TPSA) is 50.7 Å². The van der Waals surface area contributed by atoms with Gasteiger partial charge >= 0.3 is 0 Å². The summed E-state index contributed by atoms with van der Waals surface area (Å²) in [6.07, 6.45) is 1.81. The van der Waals surface area contributed by atoms with Crippen LogP contribution in [-0.2, 0) is 6.54 Å². The van der Waals surface area contributed by atoms with Crippen LogP contribution in [0.4, 0.5) is 0 Å². The van der Waals surface area contributed by atoms with E-state index in [1.165, 1.54) is 0 Å². The number of rotatable bonds is 8. The normalized spacial score (nSPS) is 10.4. The van der Waals surface area contributed by atoms with Crippen LogP contribution in [0.25, 0.3) is 0 Å². The molecule has 0 amide bonds. The second-order valence-electron chi connectivity index (χ2n) is 4.24. The van der Waals surface area contributed by atoms with E-state index in [-0.39, 0.29) is 6.61 Å². The highest BCUT2D eigenvalue weighted by Crippen LogP contribution is 2.28. The summed E-state index contributed by atoms with van der Waals surface area (Å²) < 4.78 is 10.7. The summed E-state index contributed by atoms with van der Waals surface area (Å²) in [5.74, 6) is 1.76. The quantitative estimate of drug-likeness (QED) is 0.695. The fourth-order valence-electron chi connectivity index (χ4n) is 1.84. The van der Waals surface area contributed by atoms with E-state index in [1.807, 2.05) is 19.1 Å². The van der Waals surface area contributed by atoms with Crippen LogP contribution in [0.3, 0.4) is 0 Å². The zero-order valence-corrected chi connectivity index (χ0v) is 11.5. The van der Waals surface area contributed by atoms with Crippen molar-refractivity contribution in [1.82, 2.24) is 5.32 Å². The van der Waals surface area contributed by atoms with Crippen LogP contribution in [0, 0.1) is 6.92 Å². The lowest BCUT2D eigenvalue weighted by molar-refractivity contribution is 0.283. The molecule has 0 aliphatic rings. The summed E-state index contributed by atoms with van der Waals surface area (Å²) in [6.45, 7) is 3.88. The first-order chi connectivity index (χ1) is 8.72. The van der Waals surface area contributed by atoms with Crippen molar-refractivity contribution >= 4 is 0 Å². The van der Waals surface area contributed by atoms with Crippen LogP contribution in [0.5, 0.6) is 11.5 Å². The minimum atomic E-state index is 0.253. The Hall–Kier alpha value is -1.26. The van der Waals surface area contributed by atoms with E-state index >= 15 is 0 Å². The van der Waals surface area contributed by atoms with Crippen molar-refractivity contribution in [3.63, 3.8) is 0 Å². The Balaban J connectivity index is 2.62. The summed E-state index contributed by atoms with van der Waals surface area (Å²) in [5.41, 5.74) is 2.15. The van der Waals surface area contributed by atoms with Crippen molar-refractivity contribution in [2.75, 3.05) is 27.4 Å². The third-order valence-electron chi connectivity index (χ3n) is 2.88. The highest BCUT2D eigenvalue weighted by atomic mass is 16.5. The maximum absolute atomic E-state index is 8.70. The van der Waals surface area contributed by atoms with E-state index in [2.05, 4.69) is 5.32 Å². The number of unbranched alkanes of at least 4 members (excludes halogenated alkanes) is 1. The number of aryl methyl sites for hydroxylation is 1. The number of methoxy groups -OCH3 is 2.